The number of hydrogen-bond acceptors (Lipinski definition) is 6. The molecule has 1 unspecified atom stereocenters. The number of nitro benzene ring substituents is 1. The highest BCUT2D eigenvalue weighted by Crippen LogP contribution is 2.39. The van der Waals surface area contributed by atoms with Gasteiger partial charge in [0.15, 0.2) is 5.43 Å². The number of non-ortho nitro benzene ring substituents is 1. The number of benzene rings is 2. The lowest BCUT2D eigenvalue weighted by Gasteiger charge is -2.24. The van der Waals surface area contributed by atoms with Crippen LogP contribution in [0.5, 0.6) is 0 Å². The molecule has 2 aromatic carbocycles. The van der Waals surface area contributed by atoms with Crippen LogP contribution >= 0.6 is 15.9 Å². The molecule has 1 aliphatic rings. The molecule has 4 rings (SSSR count). The average Bonchev–Trinajstić information content (AvgIpc) is 2.99. The topological polar surface area (TPSA) is 114 Å². The number of fused-ring (bicyclic) bond motifs is 2. The second kappa shape index (κ2) is 7.41. The van der Waals surface area contributed by atoms with Crippen molar-refractivity contribution < 1.29 is 19.2 Å². The number of carbonyl (C=O) groups excluding carboxylic acids is 1. The van der Waals surface area contributed by atoms with E-state index in [0.717, 1.165) is 0 Å². The summed E-state index contributed by atoms with van der Waals surface area (Å²) < 4.78 is 6.47. The summed E-state index contributed by atoms with van der Waals surface area (Å²) in [6.07, 6.45) is 0.296. The molecule has 0 fully saturated rings. The van der Waals surface area contributed by atoms with Gasteiger partial charge in [0.05, 0.1) is 21.9 Å². The van der Waals surface area contributed by atoms with Crippen LogP contribution in [0, 0.1) is 10.1 Å². The third-order valence-electron chi connectivity index (χ3n) is 4.88. The molecule has 3 aromatic rings. The van der Waals surface area contributed by atoms with Gasteiger partial charge in [-0.1, -0.05) is 28.1 Å². The van der Waals surface area contributed by atoms with Gasteiger partial charge in [-0.25, -0.2) is 0 Å². The summed E-state index contributed by atoms with van der Waals surface area (Å²) >= 11 is 3.33. The summed E-state index contributed by atoms with van der Waals surface area (Å²) in [7, 11) is 0. The van der Waals surface area contributed by atoms with Crippen LogP contribution in [-0.4, -0.2) is 34.0 Å². The molecule has 0 aliphatic carbocycles. The van der Waals surface area contributed by atoms with Crippen LogP contribution in [0.4, 0.5) is 5.69 Å². The average molecular weight is 459 g/mol. The number of nitrogens with zero attached hydrogens (tertiary/aromatic N) is 2. The van der Waals surface area contributed by atoms with Crippen molar-refractivity contribution in [3.05, 3.63) is 84.2 Å². The van der Waals surface area contributed by atoms with Crippen molar-refractivity contribution in [2.24, 2.45) is 0 Å². The SMILES string of the molecule is O=C1c2oc3ccc(Br)cc3c(=O)c2C(c2cccc([N+](=O)[O-])c2)N1CCCO. The van der Waals surface area contributed by atoms with Crippen LogP contribution in [0.25, 0.3) is 11.0 Å². The van der Waals surface area contributed by atoms with Crippen LogP contribution in [-0.2, 0) is 0 Å². The maximum absolute atomic E-state index is 13.3. The van der Waals surface area contributed by atoms with E-state index in [2.05, 4.69) is 15.9 Å². The van der Waals surface area contributed by atoms with Gasteiger partial charge in [0.2, 0.25) is 5.76 Å². The number of hydrogen-bond donors (Lipinski definition) is 1. The Labute approximate surface area is 172 Å². The molecule has 1 aliphatic heterocycles. The normalized spacial score (nSPS) is 15.7. The first-order valence-electron chi connectivity index (χ1n) is 8.85. The molecule has 0 bridgehead atoms. The molecule has 0 saturated carbocycles. The summed E-state index contributed by atoms with van der Waals surface area (Å²) in [6, 6.07) is 9.95. The minimum atomic E-state index is -0.830. The van der Waals surface area contributed by atoms with Crippen molar-refractivity contribution in [2.45, 2.75) is 12.5 Å². The molecule has 0 spiro atoms. The van der Waals surface area contributed by atoms with Crippen LogP contribution < -0.4 is 5.43 Å². The highest BCUT2D eigenvalue weighted by molar-refractivity contribution is 9.10. The van der Waals surface area contributed by atoms with Gasteiger partial charge >= 0.3 is 0 Å². The molecule has 2 heterocycles. The molecule has 0 saturated heterocycles. The Kier molecular flexibility index (Phi) is 4.93. The Balaban J connectivity index is 1.98. The molecule has 1 N–H and O–H groups in total. The van der Waals surface area contributed by atoms with Gasteiger partial charge < -0.3 is 14.4 Å². The van der Waals surface area contributed by atoms with E-state index >= 15 is 0 Å². The minimum absolute atomic E-state index is 0.0701. The lowest BCUT2D eigenvalue weighted by Crippen LogP contribution is -2.31. The first kappa shape index (κ1) is 19.3. The van der Waals surface area contributed by atoms with Crippen molar-refractivity contribution in [1.29, 1.82) is 0 Å². The zero-order valence-electron chi connectivity index (χ0n) is 15.0. The third-order valence-corrected chi connectivity index (χ3v) is 5.37. The molecule has 29 heavy (non-hydrogen) atoms. The second-order valence-corrected chi connectivity index (χ2v) is 7.56. The van der Waals surface area contributed by atoms with Crippen LogP contribution in [0.15, 0.2) is 56.1 Å². The van der Waals surface area contributed by atoms with E-state index < -0.39 is 16.9 Å². The van der Waals surface area contributed by atoms with Gasteiger partial charge in [0, 0.05) is 29.8 Å². The highest BCUT2D eigenvalue weighted by Gasteiger charge is 2.42. The Morgan fingerprint density at radius 1 is 1.21 bits per heavy atom. The first-order chi connectivity index (χ1) is 13.9. The van der Waals surface area contributed by atoms with E-state index in [1.165, 1.54) is 23.1 Å². The summed E-state index contributed by atoms with van der Waals surface area (Å²) in [5.74, 6) is -0.550. The van der Waals surface area contributed by atoms with Gasteiger partial charge in [0.25, 0.3) is 11.6 Å². The Morgan fingerprint density at radius 3 is 2.72 bits per heavy atom. The van der Waals surface area contributed by atoms with Crippen molar-refractivity contribution in [1.82, 2.24) is 4.90 Å². The number of aliphatic hydroxyl groups is 1. The van der Waals surface area contributed by atoms with Gasteiger partial charge in [-0.15, -0.1) is 0 Å². The molecule has 148 valence electrons. The summed E-state index contributed by atoms with van der Waals surface area (Å²) in [6.45, 7) is 0.0322. The summed E-state index contributed by atoms with van der Waals surface area (Å²) in [4.78, 5) is 38.4. The zero-order chi connectivity index (χ0) is 20.7. The maximum atomic E-state index is 13.3. The number of nitro groups is 1. The fraction of sp³-hybridized carbons (Fsp3) is 0.200. The van der Waals surface area contributed by atoms with Crippen molar-refractivity contribution in [3.8, 4) is 0 Å². The molecule has 1 atom stereocenters. The standard InChI is InChI=1S/C20H15BrN2O6/c21-12-5-6-15-14(10-12)18(25)16-17(11-3-1-4-13(9-11)23(27)28)22(7-2-8-24)20(26)19(16)29-15/h1,3-6,9-10,17,24H,2,7-8H2. The molecular weight excluding hydrogens is 444 g/mol. The molecule has 1 aromatic heterocycles. The molecular formula is C20H15BrN2O6. The summed E-state index contributed by atoms with van der Waals surface area (Å²) in [5.41, 5.74) is 0.370. The van der Waals surface area contributed by atoms with E-state index in [0.29, 0.717) is 21.8 Å². The van der Waals surface area contributed by atoms with Crippen LogP contribution in [0.1, 0.15) is 34.1 Å². The van der Waals surface area contributed by atoms with Crippen molar-refractivity contribution in [3.63, 3.8) is 0 Å². The minimum Gasteiger partial charge on any atom is -0.450 e. The zero-order valence-corrected chi connectivity index (χ0v) is 16.6. The van der Waals surface area contributed by atoms with E-state index in [1.54, 1.807) is 24.3 Å². The largest absolute Gasteiger partial charge is 0.450 e. The fourth-order valence-corrected chi connectivity index (χ4v) is 3.98. The van der Waals surface area contributed by atoms with E-state index in [1.807, 2.05) is 0 Å². The quantitative estimate of drug-likeness (QED) is 0.462. The highest BCUT2D eigenvalue weighted by atomic mass is 79.9. The lowest BCUT2D eigenvalue weighted by molar-refractivity contribution is -0.384. The predicted molar refractivity (Wildman–Crippen MR) is 108 cm³/mol. The van der Waals surface area contributed by atoms with Crippen LogP contribution in [0.2, 0.25) is 0 Å². The van der Waals surface area contributed by atoms with E-state index in [9.17, 15) is 24.8 Å². The van der Waals surface area contributed by atoms with Gasteiger partial charge in [-0.05, 0) is 30.2 Å². The number of carbonyl (C=O) groups is 1. The maximum Gasteiger partial charge on any atom is 0.290 e. The third kappa shape index (κ3) is 3.22. The van der Waals surface area contributed by atoms with Gasteiger partial charge in [-0.2, -0.15) is 0 Å². The first-order valence-corrected chi connectivity index (χ1v) is 9.64. The number of amides is 1. The second-order valence-electron chi connectivity index (χ2n) is 6.64. The smallest absolute Gasteiger partial charge is 0.290 e. The Bertz CT molecular complexity index is 1210. The fourth-order valence-electron chi connectivity index (χ4n) is 3.62. The number of halogens is 1. The number of rotatable bonds is 5. The van der Waals surface area contributed by atoms with Crippen molar-refractivity contribution in [2.75, 3.05) is 13.2 Å². The van der Waals surface area contributed by atoms with Crippen molar-refractivity contribution >= 4 is 38.5 Å². The van der Waals surface area contributed by atoms with E-state index in [4.69, 9.17) is 4.42 Å². The number of aliphatic hydroxyl groups excluding tert-OH is 1. The lowest BCUT2D eigenvalue weighted by atomic mass is 9.98. The molecule has 8 nitrogen and oxygen atoms in total. The molecule has 0 radical (unpaired) electrons. The van der Waals surface area contributed by atoms with E-state index in [-0.39, 0.29) is 41.2 Å². The van der Waals surface area contributed by atoms with Gasteiger partial charge in [-0.3, -0.25) is 19.7 Å². The molecule has 9 heteroatoms. The Morgan fingerprint density at radius 2 is 2.00 bits per heavy atom. The van der Waals surface area contributed by atoms with Gasteiger partial charge in [0.1, 0.15) is 5.58 Å². The monoisotopic (exact) mass is 458 g/mol. The predicted octanol–water partition coefficient (Wildman–Crippen LogP) is 3.39. The van der Waals surface area contributed by atoms with Crippen LogP contribution in [0.3, 0.4) is 0 Å². The molecule has 1 amide bonds. The summed E-state index contributed by atoms with van der Waals surface area (Å²) in [5, 5.41) is 20.8. The Hall–Kier alpha value is -3.04.